The zero-order valence-corrected chi connectivity index (χ0v) is 11.5. The van der Waals surface area contributed by atoms with Crippen LogP contribution in [-0.4, -0.2) is 36.8 Å². The standard InChI is InChI=1S/C12H19N3OS/c1-8-5-10(12(13)17)6-11(14-8)15(3)9(2)7-16-4/h5-6,9H,7H2,1-4H3,(H2,13,17). The van der Waals surface area contributed by atoms with Crippen LogP contribution < -0.4 is 10.6 Å². The topological polar surface area (TPSA) is 51.4 Å². The lowest BCUT2D eigenvalue weighted by atomic mass is 10.2. The maximum absolute atomic E-state index is 5.65. The minimum Gasteiger partial charge on any atom is -0.389 e. The van der Waals surface area contributed by atoms with Crippen LogP contribution in [0.25, 0.3) is 0 Å². The lowest BCUT2D eigenvalue weighted by molar-refractivity contribution is 0.183. The van der Waals surface area contributed by atoms with Gasteiger partial charge in [-0.2, -0.15) is 0 Å². The number of methoxy groups -OCH3 is 1. The molecule has 17 heavy (non-hydrogen) atoms. The van der Waals surface area contributed by atoms with E-state index < -0.39 is 0 Å². The summed E-state index contributed by atoms with van der Waals surface area (Å²) in [6.45, 7) is 4.66. The Morgan fingerprint density at radius 3 is 2.76 bits per heavy atom. The van der Waals surface area contributed by atoms with E-state index in [1.165, 1.54) is 0 Å². The lowest BCUT2D eigenvalue weighted by Crippen LogP contribution is -2.33. The van der Waals surface area contributed by atoms with Crippen molar-refractivity contribution < 1.29 is 4.74 Å². The molecule has 2 N–H and O–H groups in total. The Kier molecular flexibility index (Phi) is 4.84. The summed E-state index contributed by atoms with van der Waals surface area (Å²) < 4.78 is 5.13. The molecule has 1 rings (SSSR count). The Hall–Kier alpha value is -1.20. The van der Waals surface area contributed by atoms with Crippen LogP contribution in [0.15, 0.2) is 12.1 Å². The Labute approximate surface area is 108 Å². The molecule has 0 fully saturated rings. The lowest BCUT2D eigenvalue weighted by Gasteiger charge is -2.26. The highest BCUT2D eigenvalue weighted by atomic mass is 32.1. The van der Waals surface area contributed by atoms with Crippen molar-refractivity contribution in [3.63, 3.8) is 0 Å². The van der Waals surface area contributed by atoms with E-state index in [1.54, 1.807) is 7.11 Å². The van der Waals surface area contributed by atoms with Crippen LogP contribution in [0.2, 0.25) is 0 Å². The van der Waals surface area contributed by atoms with Gasteiger partial charge in [-0.3, -0.25) is 0 Å². The number of nitrogens with two attached hydrogens (primary N) is 1. The third kappa shape index (κ3) is 3.64. The second-order valence-corrected chi connectivity index (χ2v) is 4.57. The van der Waals surface area contributed by atoms with Crippen molar-refractivity contribution >= 4 is 23.0 Å². The molecule has 0 radical (unpaired) electrons. The molecule has 0 saturated carbocycles. The van der Waals surface area contributed by atoms with E-state index in [2.05, 4.69) is 16.8 Å². The van der Waals surface area contributed by atoms with Gasteiger partial charge in [-0.25, -0.2) is 4.98 Å². The van der Waals surface area contributed by atoms with Crippen LogP contribution in [0.5, 0.6) is 0 Å². The van der Waals surface area contributed by atoms with Gasteiger partial charge in [0.15, 0.2) is 0 Å². The molecule has 94 valence electrons. The molecule has 0 bridgehead atoms. The van der Waals surface area contributed by atoms with Gasteiger partial charge in [-0.15, -0.1) is 0 Å². The number of anilines is 1. The highest BCUT2D eigenvalue weighted by molar-refractivity contribution is 7.80. The smallest absolute Gasteiger partial charge is 0.129 e. The van der Waals surface area contributed by atoms with Crippen molar-refractivity contribution in [3.8, 4) is 0 Å². The van der Waals surface area contributed by atoms with E-state index in [0.717, 1.165) is 17.1 Å². The molecule has 4 nitrogen and oxygen atoms in total. The predicted octanol–water partition coefficient (Wildman–Crippen LogP) is 1.50. The van der Waals surface area contributed by atoms with Crippen molar-refractivity contribution in [1.82, 2.24) is 4.98 Å². The number of aryl methyl sites for hydroxylation is 1. The Bertz CT molecular complexity index is 409. The molecule has 1 aromatic rings. The molecule has 1 atom stereocenters. The minimum absolute atomic E-state index is 0.244. The number of rotatable bonds is 5. The zero-order valence-electron chi connectivity index (χ0n) is 10.7. The first-order chi connectivity index (χ1) is 7.95. The average molecular weight is 253 g/mol. The number of ether oxygens (including phenoxy) is 1. The number of likely N-dealkylation sites (N-methyl/N-ethyl adjacent to an activating group) is 1. The summed E-state index contributed by atoms with van der Waals surface area (Å²) in [5.41, 5.74) is 7.40. The second-order valence-electron chi connectivity index (χ2n) is 4.13. The summed E-state index contributed by atoms with van der Waals surface area (Å²) in [6, 6.07) is 4.04. The molecule has 0 aromatic carbocycles. The number of thiocarbonyl (C=S) groups is 1. The van der Waals surface area contributed by atoms with Crippen molar-refractivity contribution in [3.05, 3.63) is 23.4 Å². The Balaban J connectivity index is 3.01. The van der Waals surface area contributed by atoms with Gasteiger partial charge in [0.1, 0.15) is 10.8 Å². The normalized spacial score (nSPS) is 12.2. The first kappa shape index (κ1) is 13.9. The van der Waals surface area contributed by atoms with E-state index in [4.69, 9.17) is 22.7 Å². The van der Waals surface area contributed by atoms with Gasteiger partial charge in [0.2, 0.25) is 0 Å². The molecule has 1 aromatic heterocycles. The summed E-state index contributed by atoms with van der Waals surface area (Å²) in [7, 11) is 3.67. The highest BCUT2D eigenvalue weighted by Gasteiger charge is 2.12. The fourth-order valence-corrected chi connectivity index (χ4v) is 1.67. The molecule has 0 amide bonds. The predicted molar refractivity (Wildman–Crippen MR) is 74.6 cm³/mol. The van der Waals surface area contributed by atoms with Crippen molar-refractivity contribution in [2.75, 3.05) is 25.7 Å². The largest absolute Gasteiger partial charge is 0.389 e. The second kappa shape index (κ2) is 5.93. The van der Waals surface area contributed by atoms with Gasteiger partial charge in [-0.1, -0.05) is 12.2 Å². The molecular weight excluding hydrogens is 234 g/mol. The van der Waals surface area contributed by atoms with Gasteiger partial charge in [-0.05, 0) is 26.0 Å². The van der Waals surface area contributed by atoms with Gasteiger partial charge < -0.3 is 15.4 Å². The summed E-state index contributed by atoms with van der Waals surface area (Å²) in [6.07, 6.45) is 0. The number of hydrogen-bond acceptors (Lipinski definition) is 4. The van der Waals surface area contributed by atoms with Gasteiger partial charge in [0.05, 0.1) is 12.6 Å². The molecule has 0 saturated heterocycles. The summed E-state index contributed by atoms with van der Waals surface area (Å²) in [5, 5.41) is 0. The minimum atomic E-state index is 0.244. The monoisotopic (exact) mass is 253 g/mol. The molecular formula is C12H19N3OS. The van der Waals surface area contributed by atoms with Crippen LogP contribution in [0.3, 0.4) is 0 Å². The van der Waals surface area contributed by atoms with Gasteiger partial charge in [0, 0.05) is 25.4 Å². The fourth-order valence-electron chi connectivity index (χ4n) is 1.55. The van der Waals surface area contributed by atoms with E-state index in [1.807, 2.05) is 26.1 Å². The van der Waals surface area contributed by atoms with Crippen LogP contribution in [0.1, 0.15) is 18.2 Å². The number of pyridine rings is 1. The molecule has 0 aliphatic rings. The van der Waals surface area contributed by atoms with Crippen LogP contribution >= 0.6 is 12.2 Å². The third-order valence-corrected chi connectivity index (χ3v) is 2.89. The van der Waals surface area contributed by atoms with Crippen LogP contribution in [0, 0.1) is 6.92 Å². The van der Waals surface area contributed by atoms with Crippen LogP contribution in [-0.2, 0) is 4.74 Å². The Morgan fingerprint density at radius 2 is 2.24 bits per heavy atom. The third-order valence-electron chi connectivity index (χ3n) is 2.65. The maximum atomic E-state index is 5.65. The molecule has 0 aliphatic carbocycles. The quantitative estimate of drug-likeness (QED) is 0.806. The summed E-state index contributed by atoms with van der Waals surface area (Å²) in [4.78, 5) is 6.92. The van der Waals surface area contributed by atoms with E-state index >= 15 is 0 Å². The number of hydrogen-bond donors (Lipinski definition) is 1. The van der Waals surface area contributed by atoms with Crippen molar-refractivity contribution in [2.24, 2.45) is 5.73 Å². The maximum Gasteiger partial charge on any atom is 0.129 e. The van der Waals surface area contributed by atoms with Crippen LogP contribution in [0.4, 0.5) is 5.82 Å². The molecule has 1 unspecified atom stereocenters. The fraction of sp³-hybridized carbons (Fsp3) is 0.500. The number of nitrogens with zero attached hydrogens (tertiary/aromatic N) is 2. The SMILES string of the molecule is COCC(C)N(C)c1cc(C(N)=S)cc(C)n1. The van der Waals surface area contributed by atoms with Crippen molar-refractivity contribution in [2.45, 2.75) is 19.9 Å². The van der Waals surface area contributed by atoms with E-state index in [0.29, 0.717) is 11.6 Å². The zero-order chi connectivity index (χ0) is 13.0. The summed E-state index contributed by atoms with van der Waals surface area (Å²) in [5.74, 6) is 0.859. The molecule has 0 spiro atoms. The molecule has 1 heterocycles. The first-order valence-electron chi connectivity index (χ1n) is 5.46. The molecule has 5 heteroatoms. The summed E-state index contributed by atoms with van der Waals surface area (Å²) >= 11 is 4.99. The average Bonchev–Trinajstić information content (AvgIpc) is 2.27. The van der Waals surface area contributed by atoms with Crippen molar-refractivity contribution in [1.29, 1.82) is 0 Å². The van der Waals surface area contributed by atoms with Gasteiger partial charge in [0.25, 0.3) is 0 Å². The Morgan fingerprint density at radius 1 is 1.59 bits per heavy atom. The highest BCUT2D eigenvalue weighted by Crippen LogP contribution is 2.16. The molecule has 0 aliphatic heterocycles. The van der Waals surface area contributed by atoms with E-state index in [9.17, 15) is 0 Å². The van der Waals surface area contributed by atoms with E-state index in [-0.39, 0.29) is 6.04 Å². The first-order valence-corrected chi connectivity index (χ1v) is 5.86. The number of aromatic nitrogens is 1. The van der Waals surface area contributed by atoms with Gasteiger partial charge >= 0.3 is 0 Å².